The van der Waals surface area contributed by atoms with E-state index in [0.29, 0.717) is 6.04 Å². The summed E-state index contributed by atoms with van der Waals surface area (Å²) in [5.74, 6) is 0. The van der Waals surface area contributed by atoms with Crippen molar-refractivity contribution in [2.45, 2.75) is 39.2 Å². The Balaban J connectivity index is 2.31. The van der Waals surface area contributed by atoms with Crippen LogP contribution in [-0.2, 0) is 0 Å². The molecule has 1 nitrogen and oxygen atoms in total. The second-order valence-corrected chi connectivity index (χ2v) is 5.24. The number of hydrogen-bond acceptors (Lipinski definition) is 1. The molecule has 0 amide bonds. The zero-order valence-electron chi connectivity index (χ0n) is 9.44. The van der Waals surface area contributed by atoms with Gasteiger partial charge in [-0.2, -0.15) is 0 Å². The van der Waals surface area contributed by atoms with Crippen LogP contribution in [0, 0.1) is 13.8 Å². The Hall–Kier alpha value is -0.340. The predicted molar refractivity (Wildman–Crippen MR) is 68.2 cm³/mol. The smallest absolute Gasteiger partial charge is 0.0322 e. The van der Waals surface area contributed by atoms with Gasteiger partial charge in [0.2, 0.25) is 0 Å². The minimum atomic E-state index is 0.575. The van der Waals surface area contributed by atoms with E-state index in [4.69, 9.17) is 0 Å². The van der Waals surface area contributed by atoms with E-state index in [1.54, 1.807) is 0 Å². The zero-order valence-corrected chi connectivity index (χ0v) is 11.0. The fourth-order valence-corrected chi connectivity index (χ4v) is 2.73. The van der Waals surface area contributed by atoms with Crippen LogP contribution >= 0.6 is 15.9 Å². The van der Waals surface area contributed by atoms with Crippen LogP contribution in [0.25, 0.3) is 0 Å². The minimum absolute atomic E-state index is 0.575. The van der Waals surface area contributed by atoms with Crippen LogP contribution in [0.1, 0.15) is 42.0 Å². The van der Waals surface area contributed by atoms with E-state index < -0.39 is 0 Å². The molecule has 0 saturated carbocycles. The first kappa shape index (κ1) is 11.2. The molecule has 0 bridgehead atoms. The highest BCUT2D eigenvalue weighted by molar-refractivity contribution is 9.10. The van der Waals surface area contributed by atoms with Gasteiger partial charge in [0.15, 0.2) is 0 Å². The average molecular weight is 268 g/mol. The number of benzene rings is 1. The Bertz CT molecular complexity index is 354. The Labute approximate surface area is 100 Å². The first-order chi connectivity index (χ1) is 7.20. The fourth-order valence-electron chi connectivity index (χ4n) is 2.30. The van der Waals surface area contributed by atoms with Crippen LogP contribution in [0.5, 0.6) is 0 Å². The van der Waals surface area contributed by atoms with Crippen LogP contribution < -0.4 is 5.32 Å². The quantitative estimate of drug-likeness (QED) is 0.815. The van der Waals surface area contributed by atoms with Gasteiger partial charge < -0.3 is 5.32 Å². The van der Waals surface area contributed by atoms with E-state index in [1.165, 1.54) is 47.0 Å². The molecule has 82 valence electrons. The molecule has 15 heavy (non-hydrogen) atoms. The van der Waals surface area contributed by atoms with Crippen molar-refractivity contribution < 1.29 is 0 Å². The van der Waals surface area contributed by atoms with Gasteiger partial charge >= 0.3 is 0 Å². The molecule has 1 aliphatic heterocycles. The summed E-state index contributed by atoms with van der Waals surface area (Å²) in [6.45, 7) is 5.58. The van der Waals surface area contributed by atoms with Crippen LogP contribution in [0.15, 0.2) is 16.6 Å². The Morgan fingerprint density at radius 2 is 2.00 bits per heavy atom. The molecule has 1 aromatic carbocycles. The van der Waals surface area contributed by atoms with Gasteiger partial charge in [-0.15, -0.1) is 0 Å². The third kappa shape index (κ3) is 2.26. The summed E-state index contributed by atoms with van der Waals surface area (Å²) in [6, 6.07) is 5.01. The van der Waals surface area contributed by atoms with Crippen molar-refractivity contribution in [1.29, 1.82) is 0 Å². The third-order valence-electron chi connectivity index (χ3n) is 3.45. The van der Waals surface area contributed by atoms with Crippen molar-refractivity contribution in [3.8, 4) is 0 Å². The number of nitrogens with one attached hydrogen (secondary N) is 1. The maximum absolute atomic E-state index is 3.61. The van der Waals surface area contributed by atoms with Gasteiger partial charge in [-0.25, -0.2) is 0 Å². The summed E-state index contributed by atoms with van der Waals surface area (Å²) < 4.78 is 1.22. The second kappa shape index (κ2) is 4.67. The lowest BCUT2D eigenvalue weighted by Crippen LogP contribution is -2.27. The highest BCUT2D eigenvalue weighted by atomic mass is 79.9. The minimum Gasteiger partial charge on any atom is -0.310 e. The molecule has 0 spiro atoms. The molecule has 1 fully saturated rings. The van der Waals surface area contributed by atoms with Crippen LogP contribution in [0.4, 0.5) is 0 Å². The lowest BCUT2D eigenvalue weighted by Gasteiger charge is -2.26. The summed E-state index contributed by atoms with van der Waals surface area (Å²) in [5.41, 5.74) is 4.29. The van der Waals surface area contributed by atoms with Gasteiger partial charge in [0, 0.05) is 10.5 Å². The molecular formula is C13H18BrN. The van der Waals surface area contributed by atoms with Gasteiger partial charge in [-0.1, -0.05) is 28.4 Å². The maximum Gasteiger partial charge on any atom is 0.0322 e. The molecule has 1 N–H and O–H groups in total. The van der Waals surface area contributed by atoms with Crippen molar-refractivity contribution in [1.82, 2.24) is 5.32 Å². The zero-order chi connectivity index (χ0) is 10.8. The van der Waals surface area contributed by atoms with Crippen molar-refractivity contribution in [3.63, 3.8) is 0 Å². The highest BCUT2D eigenvalue weighted by Gasteiger charge is 2.17. The van der Waals surface area contributed by atoms with Gasteiger partial charge in [0.05, 0.1) is 0 Å². The van der Waals surface area contributed by atoms with Crippen molar-refractivity contribution in [2.24, 2.45) is 0 Å². The molecule has 1 saturated heterocycles. The number of rotatable bonds is 1. The van der Waals surface area contributed by atoms with Crippen LogP contribution in [0.3, 0.4) is 0 Å². The lowest BCUT2D eigenvalue weighted by atomic mass is 9.92. The molecule has 2 heteroatoms. The largest absolute Gasteiger partial charge is 0.310 e. The van der Waals surface area contributed by atoms with E-state index in [9.17, 15) is 0 Å². The molecule has 1 aliphatic rings. The molecular weight excluding hydrogens is 250 g/mol. The Morgan fingerprint density at radius 1 is 1.20 bits per heavy atom. The normalized spacial score (nSPS) is 21.7. The van der Waals surface area contributed by atoms with E-state index >= 15 is 0 Å². The first-order valence-corrected chi connectivity index (χ1v) is 6.48. The lowest BCUT2D eigenvalue weighted by molar-refractivity contribution is 0.411. The molecule has 2 rings (SSSR count). The highest BCUT2D eigenvalue weighted by Crippen LogP contribution is 2.30. The predicted octanol–water partition coefficient (Wildman–Crippen LogP) is 3.88. The first-order valence-electron chi connectivity index (χ1n) is 5.69. The molecule has 1 atom stereocenters. The standard InChI is InChI=1S/C13H18BrN/c1-9-10(2)12(14)7-6-11(9)13-5-3-4-8-15-13/h6-7,13,15H,3-5,8H2,1-2H3. The molecule has 0 aromatic heterocycles. The molecule has 0 radical (unpaired) electrons. The SMILES string of the molecule is Cc1c(Br)ccc(C2CCCCN2)c1C. The van der Waals surface area contributed by atoms with Crippen molar-refractivity contribution in [2.75, 3.05) is 6.54 Å². The van der Waals surface area contributed by atoms with Crippen molar-refractivity contribution >= 4 is 15.9 Å². The molecule has 1 unspecified atom stereocenters. The van der Waals surface area contributed by atoms with Crippen molar-refractivity contribution in [3.05, 3.63) is 33.3 Å². The summed E-state index contributed by atoms with van der Waals surface area (Å²) >= 11 is 3.58. The maximum atomic E-state index is 3.61. The Kier molecular flexibility index (Phi) is 3.47. The van der Waals surface area contributed by atoms with E-state index in [-0.39, 0.29) is 0 Å². The monoisotopic (exact) mass is 267 g/mol. The number of hydrogen-bond donors (Lipinski definition) is 1. The average Bonchev–Trinajstić information content (AvgIpc) is 2.27. The van der Waals surface area contributed by atoms with E-state index in [0.717, 1.165) is 0 Å². The number of piperidine rings is 1. The Morgan fingerprint density at radius 3 is 2.67 bits per heavy atom. The summed E-state index contributed by atoms with van der Waals surface area (Å²) in [5, 5.41) is 3.61. The summed E-state index contributed by atoms with van der Waals surface area (Å²) in [4.78, 5) is 0. The van der Waals surface area contributed by atoms with E-state index in [1.807, 2.05) is 0 Å². The van der Waals surface area contributed by atoms with Gasteiger partial charge in [-0.3, -0.25) is 0 Å². The third-order valence-corrected chi connectivity index (χ3v) is 4.31. The van der Waals surface area contributed by atoms with Gasteiger partial charge in [0.1, 0.15) is 0 Å². The number of halogens is 1. The van der Waals surface area contributed by atoms with Gasteiger partial charge in [0.25, 0.3) is 0 Å². The fraction of sp³-hybridized carbons (Fsp3) is 0.538. The summed E-state index contributed by atoms with van der Waals surface area (Å²) in [7, 11) is 0. The van der Waals surface area contributed by atoms with Gasteiger partial charge in [-0.05, 0) is 56.0 Å². The van der Waals surface area contributed by atoms with E-state index in [2.05, 4.69) is 47.2 Å². The summed E-state index contributed by atoms with van der Waals surface area (Å²) in [6.07, 6.45) is 3.96. The molecule has 0 aliphatic carbocycles. The molecule has 1 aromatic rings. The topological polar surface area (TPSA) is 12.0 Å². The second-order valence-electron chi connectivity index (χ2n) is 4.39. The molecule has 1 heterocycles. The van der Waals surface area contributed by atoms with Crippen LogP contribution in [-0.4, -0.2) is 6.54 Å². The van der Waals surface area contributed by atoms with Crippen LogP contribution in [0.2, 0.25) is 0 Å².